The molecule has 0 aromatic rings. The topological polar surface area (TPSA) is 15.3 Å². The van der Waals surface area contributed by atoms with Crippen molar-refractivity contribution in [3.05, 3.63) is 0 Å². The molecule has 3 atom stereocenters. The summed E-state index contributed by atoms with van der Waals surface area (Å²) in [4.78, 5) is 2.74. The molecule has 2 aliphatic carbocycles. The second kappa shape index (κ2) is 5.92. The van der Waals surface area contributed by atoms with Gasteiger partial charge >= 0.3 is 0 Å². The van der Waals surface area contributed by atoms with Crippen LogP contribution in [0.2, 0.25) is 0 Å². The second-order valence-corrected chi connectivity index (χ2v) is 6.95. The van der Waals surface area contributed by atoms with Crippen LogP contribution in [-0.2, 0) is 0 Å². The summed E-state index contributed by atoms with van der Waals surface area (Å²) in [6, 6.07) is 1.66. The molecule has 1 saturated heterocycles. The lowest BCUT2D eigenvalue weighted by atomic mass is 9.85. The van der Waals surface area contributed by atoms with Crippen molar-refractivity contribution in [1.82, 2.24) is 10.2 Å². The van der Waals surface area contributed by atoms with Crippen molar-refractivity contribution in [2.45, 2.75) is 70.4 Å². The number of hydrogen-bond donors (Lipinski definition) is 1. The minimum atomic E-state index is 0.795. The third-order valence-electron chi connectivity index (χ3n) is 5.18. The van der Waals surface area contributed by atoms with Crippen LogP contribution in [0, 0.1) is 11.8 Å². The molecular formula is C16H30N2. The van der Waals surface area contributed by atoms with Gasteiger partial charge in [-0.25, -0.2) is 0 Å². The van der Waals surface area contributed by atoms with Gasteiger partial charge in [-0.3, -0.25) is 0 Å². The van der Waals surface area contributed by atoms with Crippen LogP contribution in [0.3, 0.4) is 0 Å². The number of hydrogen-bond acceptors (Lipinski definition) is 2. The van der Waals surface area contributed by atoms with Crippen molar-refractivity contribution in [2.24, 2.45) is 11.8 Å². The van der Waals surface area contributed by atoms with E-state index in [1.807, 2.05) is 0 Å². The highest BCUT2D eigenvalue weighted by molar-refractivity contribution is 4.94. The molecule has 3 fully saturated rings. The Kier molecular flexibility index (Phi) is 4.25. The van der Waals surface area contributed by atoms with Gasteiger partial charge in [0.05, 0.1) is 0 Å². The summed E-state index contributed by atoms with van der Waals surface area (Å²) >= 11 is 0. The summed E-state index contributed by atoms with van der Waals surface area (Å²) in [6.07, 6.45) is 11.6. The van der Waals surface area contributed by atoms with Crippen LogP contribution in [-0.4, -0.2) is 36.6 Å². The van der Waals surface area contributed by atoms with E-state index >= 15 is 0 Å². The van der Waals surface area contributed by atoms with E-state index in [9.17, 15) is 0 Å². The quantitative estimate of drug-likeness (QED) is 0.779. The minimum absolute atomic E-state index is 0.795. The lowest BCUT2D eigenvalue weighted by Crippen LogP contribution is -2.41. The van der Waals surface area contributed by atoms with Crippen molar-refractivity contribution in [3.8, 4) is 0 Å². The fourth-order valence-electron chi connectivity index (χ4n) is 4.12. The maximum absolute atomic E-state index is 3.93. The SMILES string of the molecule is CCCN(CC1CC1)CC1CC2CCCCC2N1. The second-order valence-electron chi connectivity index (χ2n) is 6.95. The molecule has 1 heterocycles. The van der Waals surface area contributed by atoms with Gasteiger partial charge < -0.3 is 10.2 Å². The molecule has 0 radical (unpaired) electrons. The van der Waals surface area contributed by atoms with Crippen molar-refractivity contribution in [3.63, 3.8) is 0 Å². The first-order valence-corrected chi connectivity index (χ1v) is 8.33. The van der Waals surface area contributed by atoms with Crippen LogP contribution in [0.1, 0.15) is 58.3 Å². The van der Waals surface area contributed by atoms with Crippen LogP contribution in [0.4, 0.5) is 0 Å². The maximum atomic E-state index is 3.93. The molecule has 2 heteroatoms. The third kappa shape index (κ3) is 3.27. The standard InChI is InChI=1S/C16H30N2/c1-2-9-18(11-13-7-8-13)12-15-10-14-5-3-4-6-16(14)17-15/h13-17H,2-12H2,1H3. The van der Waals surface area contributed by atoms with E-state index in [1.54, 1.807) is 0 Å². The molecule has 0 amide bonds. The normalized spacial score (nSPS) is 36.0. The lowest BCUT2D eigenvalue weighted by Gasteiger charge is -2.26. The average Bonchev–Trinajstić information content (AvgIpc) is 3.07. The van der Waals surface area contributed by atoms with Crippen molar-refractivity contribution in [2.75, 3.05) is 19.6 Å². The van der Waals surface area contributed by atoms with E-state index in [0.29, 0.717) is 0 Å². The molecule has 3 aliphatic rings. The highest BCUT2D eigenvalue weighted by Crippen LogP contribution is 2.34. The molecule has 104 valence electrons. The number of nitrogens with zero attached hydrogens (tertiary/aromatic N) is 1. The molecule has 0 aromatic carbocycles. The summed E-state index contributed by atoms with van der Waals surface area (Å²) in [6.45, 7) is 6.32. The molecule has 1 aliphatic heterocycles. The van der Waals surface area contributed by atoms with E-state index in [1.165, 1.54) is 71.0 Å². The first-order valence-electron chi connectivity index (χ1n) is 8.33. The molecule has 2 nitrogen and oxygen atoms in total. The summed E-state index contributed by atoms with van der Waals surface area (Å²) in [5, 5.41) is 3.93. The average molecular weight is 250 g/mol. The Morgan fingerprint density at radius 3 is 2.61 bits per heavy atom. The van der Waals surface area contributed by atoms with Gasteiger partial charge in [0, 0.05) is 25.2 Å². The molecule has 0 bridgehead atoms. The zero-order chi connectivity index (χ0) is 12.4. The summed E-state index contributed by atoms with van der Waals surface area (Å²) in [5.74, 6) is 2.05. The van der Waals surface area contributed by atoms with Crippen molar-refractivity contribution in [1.29, 1.82) is 0 Å². The molecule has 3 rings (SSSR count). The zero-order valence-electron chi connectivity index (χ0n) is 12.0. The fraction of sp³-hybridized carbons (Fsp3) is 1.00. The molecule has 1 N–H and O–H groups in total. The predicted molar refractivity (Wildman–Crippen MR) is 76.7 cm³/mol. The van der Waals surface area contributed by atoms with Gasteiger partial charge in [-0.05, 0) is 56.9 Å². The number of rotatable bonds is 6. The van der Waals surface area contributed by atoms with Gasteiger partial charge in [0.1, 0.15) is 0 Å². The van der Waals surface area contributed by atoms with Gasteiger partial charge in [0.15, 0.2) is 0 Å². The smallest absolute Gasteiger partial charge is 0.0200 e. The zero-order valence-corrected chi connectivity index (χ0v) is 12.0. The monoisotopic (exact) mass is 250 g/mol. The maximum Gasteiger partial charge on any atom is 0.0200 e. The van der Waals surface area contributed by atoms with Crippen molar-refractivity contribution >= 4 is 0 Å². The van der Waals surface area contributed by atoms with E-state index in [2.05, 4.69) is 17.1 Å². The van der Waals surface area contributed by atoms with Gasteiger partial charge in [-0.1, -0.05) is 19.8 Å². The summed E-state index contributed by atoms with van der Waals surface area (Å²) < 4.78 is 0. The Bertz CT molecular complexity index is 248. The van der Waals surface area contributed by atoms with Gasteiger partial charge in [0.2, 0.25) is 0 Å². The van der Waals surface area contributed by atoms with E-state index in [0.717, 1.165) is 23.9 Å². The van der Waals surface area contributed by atoms with Crippen LogP contribution in [0.5, 0.6) is 0 Å². The Labute approximate surface area is 113 Å². The highest BCUT2D eigenvalue weighted by Gasteiger charge is 2.36. The van der Waals surface area contributed by atoms with E-state index in [-0.39, 0.29) is 0 Å². The van der Waals surface area contributed by atoms with E-state index < -0.39 is 0 Å². The molecular weight excluding hydrogens is 220 g/mol. The predicted octanol–water partition coefficient (Wildman–Crippen LogP) is 3.03. The summed E-state index contributed by atoms with van der Waals surface area (Å²) in [5.41, 5.74) is 0. The first-order chi connectivity index (χ1) is 8.85. The molecule has 0 spiro atoms. The minimum Gasteiger partial charge on any atom is -0.310 e. The summed E-state index contributed by atoms with van der Waals surface area (Å²) in [7, 11) is 0. The fourth-order valence-corrected chi connectivity index (χ4v) is 4.12. The Balaban J connectivity index is 1.48. The van der Waals surface area contributed by atoms with Crippen LogP contribution < -0.4 is 5.32 Å². The number of fused-ring (bicyclic) bond motifs is 1. The third-order valence-corrected chi connectivity index (χ3v) is 5.18. The lowest BCUT2D eigenvalue weighted by molar-refractivity contribution is 0.237. The molecule has 18 heavy (non-hydrogen) atoms. The molecule has 3 unspecified atom stereocenters. The Morgan fingerprint density at radius 2 is 1.89 bits per heavy atom. The van der Waals surface area contributed by atoms with Gasteiger partial charge in [-0.2, -0.15) is 0 Å². The van der Waals surface area contributed by atoms with E-state index in [4.69, 9.17) is 0 Å². The Hall–Kier alpha value is -0.0800. The van der Waals surface area contributed by atoms with Crippen molar-refractivity contribution < 1.29 is 0 Å². The van der Waals surface area contributed by atoms with Gasteiger partial charge in [-0.15, -0.1) is 0 Å². The van der Waals surface area contributed by atoms with Crippen LogP contribution in [0.15, 0.2) is 0 Å². The highest BCUT2D eigenvalue weighted by atomic mass is 15.2. The molecule has 0 aromatic heterocycles. The van der Waals surface area contributed by atoms with Gasteiger partial charge in [0.25, 0.3) is 0 Å². The largest absolute Gasteiger partial charge is 0.310 e. The van der Waals surface area contributed by atoms with Crippen LogP contribution >= 0.6 is 0 Å². The molecule has 2 saturated carbocycles. The Morgan fingerprint density at radius 1 is 1.06 bits per heavy atom. The van der Waals surface area contributed by atoms with Crippen LogP contribution in [0.25, 0.3) is 0 Å². The number of nitrogens with one attached hydrogen (secondary N) is 1. The first kappa shape index (κ1) is 12.9.